The molecule has 0 bridgehead atoms. The number of halogens is 1. The number of aryl methyl sites for hydroxylation is 1. The molecule has 0 saturated carbocycles. The van der Waals surface area contributed by atoms with Gasteiger partial charge in [0.2, 0.25) is 11.8 Å². The van der Waals surface area contributed by atoms with Crippen LogP contribution in [-0.4, -0.2) is 10.2 Å². The van der Waals surface area contributed by atoms with Crippen molar-refractivity contribution in [3.63, 3.8) is 0 Å². The summed E-state index contributed by atoms with van der Waals surface area (Å²) >= 11 is 0. The number of nitrogens with zero attached hydrogens (tertiary/aromatic N) is 2. The molecule has 2 heterocycles. The SMILES string of the molecule is CCCc1[nH]nc2c1[C@@H](c1ccccc1F)C(C#N)=C(N)O2. The second-order valence-electron chi connectivity index (χ2n) is 5.12. The molecule has 0 spiro atoms. The summed E-state index contributed by atoms with van der Waals surface area (Å²) < 4.78 is 19.7. The normalized spacial score (nSPS) is 16.9. The van der Waals surface area contributed by atoms with E-state index in [9.17, 15) is 9.65 Å². The zero-order valence-electron chi connectivity index (χ0n) is 12.1. The van der Waals surface area contributed by atoms with Gasteiger partial charge in [0, 0.05) is 11.3 Å². The van der Waals surface area contributed by atoms with Crippen molar-refractivity contribution in [1.82, 2.24) is 10.2 Å². The van der Waals surface area contributed by atoms with Gasteiger partial charge >= 0.3 is 0 Å². The van der Waals surface area contributed by atoms with Crippen LogP contribution in [0.25, 0.3) is 0 Å². The fourth-order valence-corrected chi connectivity index (χ4v) is 2.77. The maximum atomic E-state index is 14.3. The van der Waals surface area contributed by atoms with Crippen LogP contribution < -0.4 is 10.5 Å². The molecular formula is C16H15FN4O. The van der Waals surface area contributed by atoms with Gasteiger partial charge in [-0.25, -0.2) is 4.39 Å². The number of nitriles is 1. The number of benzene rings is 1. The highest BCUT2D eigenvalue weighted by Crippen LogP contribution is 2.43. The van der Waals surface area contributed by atoms with E-state index in [1.807, 2.05) is 6.92 Å². The summed E-state index contributed by atoms with van der Waals surface area (Å²) in [6.07, 6.45) is 1.62. The summed E-state index contributed by atoms with van der Waals surface area (Å²) in [5, 5.41) is 16.5. The van der Waals surface area contributed by atoms with Gasteiger partial charge in [-0.05, 0) is 12.5 Å². The predicted molar refractivity (Wildman–Crippen MR) is 78.3 cm³/mol. The monoisotopic (exact) mass is 298 g/mol. The van der Waals surface area contributed by atoms with E-state index in [1.165, 1.54) is 6.07 Å². The van der Waals surface area contributed by atoms with E-state index in [-0.39, 0.29) is 17.3 Å². The van der Waals surface area contributed by atoms with Crippen LogP contribution in [0.2, 0.25) is 0 Å². The molecule has 0 unspecified atom stereocenters. The second-order valence-corrected chi connectivity index (χ2v) is 5.12. The Labute approximate surface area is 127 Å². The first-order valence-electron chi connectivity index (χ1n) is 7.06. The Morgan fingerprint density at radius 2 is 2.23 bits per heavy atom. The van der Waals surface area contributed by atoms with Crippen LogP contribution in [0.5, 0.6) is 5.88 Å². The number of aromatic nitrogens is 2. The van der Waals surface area contributed by atoms with E-state index in [0.29, 0.717) is 17.0 Å². The molecular weight excluding hydrogens is 283 g/mol. The second kappa shape index (κ2) is 5.53. The Morgan fingerprint density at radius 1 is 1.45 bits per heavy atom. The predicted octanol–water partition coefficient (Wildman–Crippen LogP) is 2.72. The van der Waals surface area contributed by atoms with Crippen LogP contribution in [0.15, 0.2) is 35.7 Å². The highest BCUT2D eigenvalue weighted by molar-refractivity contribution is 5.55. The lowest BCUT2D eigenvalue weighted by atomic mass is 9.83. The molecule has 1 aromatic carbocycles. The Kier molecular flexibility index (Phi) is 3.55. The standard InChI is InChI=1S/C16H15FN4O/c1-2-5-12-14-13(9-6-3-4-7-11(9)17)10(8-18)15(19)22-16(14)21-20-12/h3-4,6-7,13H,2,5,19H2,1H3,(H,20,21)/t13-/m0/s1. The van der Waals surface area contributed by atoms with E-state index < -0.39 is 5.92 Å². The number of H-pyrrole nitrogens is 1. The lowest BCUT2D eigenvalue weighted by molar-refractivity contribution is 0.377. The Morgan fingerprint density at radius 3 is 2.91 bits per heavy atom. The zero-order chi connectivity index (χ0) is 15.7. The van der Waals surface area contributed by atoms with Gasteiger partial charge in [0.25, 0.3) is 0 Å². The van der Waals surface area contributed by atoms with Crippen LogP contribution >= 0.6 is 0 Å². The molecule has 1 aliphatic heterocycles. The number of rotatable bonds is 3. The Bertz CT molecular complexity index is 788. The number of aromatic amines is 1. The molecule has 1 aromatic heterocycles. The minimum atomic E-state index is -0.602. The smallest absolute Gasteiger partial charge is 0.244 e. The quantitative estimate of drug-likeness (QED) is 0.912. The number of fused-ring (bicyclic) bond motifs is 1. The molecule has 1 aliphatic rings. The van der Waals surface area contributed by atoms with Gasteiger partial charge in [0.1, 0.15) is 17.5 Å². The Balaban J connectivity index is 2.24. The summed E-state index contributed by atoms with van der Waals surface area (Å²) in [7, 11) is 0. The van der Waals surface area contributed by atoms with Crippen molar-refractivity contribution in [3.05, 3.63) is 58.4 Å². The first-order chi connectivity index (χ1) is 10.7. The van der Waals surface area contributed by atoms with Crippen LogP contribution in [0, 0.1) is 17.1 Å². The molecule has 2 aromatic rings. The molecule has 6 heteroatoms. The summed E-state index contributed by atoms with van der Waals surface area (Å²) in [4.78, 5) is 0. The lowest BCUT2D eigenvalue weighted by Gasteiger charge is -2.24. The van der Waals surface area contributed by atoms with Crippen molar-refractivity contribution in [1.29, 1.82) is 5.26 Å². The molecule has 0 saturated heterocycles. The third kappa shape index (κ3) is 2.11. The molecule has 3 N–H and O–H groups in total. The van der Waals surface area contributed by atoms with E-state index >= 15 is 0 Å². The number of nitrogens with one attached hydrogen (secondary N) is 1. The van der Waals surface area contributed by atoms with Crippen molar-refractivity contribution in [2.75, 3.05) is 0 Å². The fourth-order valence-electron chi connectivity index (χ4n) is 2.77. The topological polar surface area (TPSA) is 87.7 Å². The average molecular weight is 298 g/mol. The number of nitrogens with two attached hydrogens (primary N) is 1. The van der Waals surface area contributed by atoms with Gasteiger partial charge in [-0.3, -0.25) is 5.10 Å². The molecule has 0 radical (unpaired) electrons. The number of hydrogen-bond acceptors (Lipinski definition) is 4. The van der Waals surface area contributed by atoms with Gasteiger partial charge in [-0.1, -0.05) is 31.5 Å². The van der Waals surface area contributed by atoms with Crippen molar-refractivity contribution in [3.8, 4) is 11.9 Å². The molecule has 0 fully saturated rings. The highest BCUT2D eigenvalue weighted by Gasteiger charge is 2.36. The van der Waals surface area contributed by atoms with Crippen molar-refractivity contribution in [2.24, 2.45) is 5.73 Å². The number of ether oxygens (including phenoxy) is 1. The summed E-state index contributed by atoms with van der Waals surface area (Å²) in [5.41, 5.74) is 7.95. The van der Waals surface area contributed by atoms with E-state index in [1.54, 1.807) is 18.2 Å². The largest absolute Gasteiger partial charge is 0.420 e. The van der Waals surface area contributed by atoms with Gasteiger partial charge in [0.15, 0.2) is 0 Å². The van der Waals surface area contributed by atoms with Crippen molar-refractivity contribution < 1.29 is 9.13 Å². The first kappa shape index (κ1) is 14.1. The van der Waals surface area contributed by atoms with Gasteiger partial charge in [-0.2, -0.15) is 5.26 Å². The van der Waals surface area contributed by atoms with E-state index in [0.717, 1.165) is 18.5 Å². The summed E-state index contributed by atoms with van der Waals surface area (Å²) in [6.45, 7) is 2.03. The maximum absolute atomic E-state index is 14.3. The fraction of sp³-hybridized carbons (Fsp3) is 0.250. The maximum Gasteiger partial charge on any atom is 0.244 e. The Hall–Kier alpha value is -2.81. The molecule has 0 amide bonds. The van der Waals surface area contributed by atoms with Gasteiger partial charge in [-0.15, -0.1) is 5.10 Å². The zero-order valence-corrected chi connectivity index (χ0v) is 12.1. The van der Waals surface area contributed by atoms with E-state index in [4.69, 9.17) is 10.5 Å². The number of allylic oxidation sites excluding steroid dienone is 1. The van der Waals surface area contributed by atoms with Crippen LogP contribution in [0.4, 0.5) is 4.39 Å². The third-order valence-electron chi connectivity index (χ3n) is 3.73. The van der Waals surface area contributed by atoms with E-state index in [2.05, 4.69) is 16.3 Å². The van der Waals surface area contributed by atoms with Crippen LogP contribution in [0.3, 0.4) is 0 Å². The third-order valence-corrected chi connectivity index (χ3v) is 3.73. The van der Waals surface area contributed by atoms with Gasteiger partial charge in [0.05, 0.1) is 11.5 Å². The minimum Gasteiger partial charge on any atom is -0.420 e. The first-order valence-corrected chi connectivity index (χ1v) is 7.06. The molecule has 112 valence electrons. The lowest BCUT2D eigenvalue weighted by Crippen LogP contribution is -2.22. The highest BCUT2D eigenvalue weighted by atomic mass is 19.1. The van der Waals surface area contributed by atoms with Gasteiger partial charge < -0.3 is 10.5 Å². The van der Waals surface area contributed by atoms with Crippen LogP contribution in [0.1, 0.15) is 36.1 Å². The van der Waals surface area contributed by atoms with Crippen molar-refractivity contribution >= 4 is 0 Å². The summed E-state index contributed by atoms with van der Waals surface area (Å²) in [5.74, 6) is -0.703. The molecule has 22 heavy (non-hydrogen) atoms. The minimum absolute atomic E-state index is 0.0298. The number of hydrogen-bond donors (Lipinski definition) is 2. The van der Waals surface area contributed by atoms with Crippen molar-refractivity contribution in [2.45, 2.75) is 25.7 Å². The molecule has 0 aliphatic carbocycles. The van der Waals surface area contributed by atoms with Crippen LogP contribution in [-0.2, 0) is 6.42 Å². The average Bonchev–Trinajstić information content (AvgIpc) is 2.89. The summed E-state index contributed by atoms with van der Waals surface area (Å²) in [6, 6.07) is 8.42. The molecule has 5 nitrogen and oxygen atoms in total. The molecule has 1 atom stereocenters. The molecule has 3 rings (SSSR count).